The molecule has 3 N–H and O–H groups in total. The Labute approximate surface area is 349 Å². The molecule has 7 rings (SSSR count). The highest BCUT2D eigenvalue weighted by Crippen LogP contribution is 2.43. The summed E-state index contributed by atoms with van der Waals surface area (Å²) in [6.07, 6.45) is 4.91. The molecule has 0 spiro atoms. The number of carboxylic acids is 1. The Kier molecular flexibility index (Phi) is 11.9. The van der Waals surface area contributed by atoms with Gasteiger partial charge in [-0.05, 0) is 43.0 Å². The maximum absolute atomic E-state index is 14.2. The number of amides is 2. The number of carboxylic acid groups (broad SMARTS) is 1. The van der Waals surface area contributed by atoms with Crippen molar-refractivity contribution in [2.45, 2.75) is 48.2 Å². The van der Waals surface area contributed by atoms with Gasteiger partial charge < -0.3 is 20.5 Å². The summed E-state index contributed by atoms with van der Waals surface area (Å²) in [6.45, 7) is 5.17. The molecule has 1 fully saturated rings. The van der Waals surface area contributed by atoms with Gasteiger partial charge in [0.15, 0.2) is 17.5 Å². The van der Waals surface area contributed by atoms with Crippen LogP contribution in [0.5, 0.6) is 0 Å². The Hall–Kier alpha value is -5.70. The smallest absolute Gasteiger partial charge is 0.352 e. The van der Waals surface area contributed by atoms with Gasteiger partial charge >= 0.3 is 11.9 Å². The minimum Gasteiger partial charge on any atom is -0.477 e. The van der Waals surface area contributed by atoms with Crippen LogP contribution >= 0.6 is 34.9 Å². The second-order valence-corrected chi connectivity index (χ2v) is 17.7. The molecule has 0 bridgehead atoms. The fraction of sp³-hybridized carbons (Fsp3) is 0.227. The predicted octanol–water partition coefficient (Wildman–Crippen LogP) is 6.63. The first kappa shape index (κ1) is 40.5. The minimum atomic E-state index is -1.20. The highest BCUT2D eigenvalue weighted by molar-refractivity contribution is 8.01. The molecule has 5 aromatic rings. The molecule has 3 aromatic carbocycles. The van der Waals surface area contributed by atoms with E-state index in [9.17, 15) is 24.3 Å². The van der Waals surface area contributed by atoms with Crippen LogP contribution in [0.15, 0.2) is 143 Å². The van der Waals surface area contributed by atoms with Crippen molar-refractivity contribution in [1.82, 2.24) is 15.2 Å². The van der Waals surface area contributed by atoms with Crippen LogP contribution in [0.1, 0.15) is 43.2 Å². The Balaban J connectivity index is 1.18. The lowest BCUT2D eigenvalue weighted by molar-refractivity contribution is -0.671. The van der Waals surface area contributed by atoms with Gasteiger partial charge in [0.1, 0.15) is 35.3 Å². The third-order valence-electron chi connectivity index (χ3n) is 9.51. The molecule has 2 aromatic heterocycles. The lowest BCUT2D eigenvalue weighted by Gasteiger charge is -2.49. The topological polar surface area (TPSA) is 142 Å². The van der Waals surface area contributed by atoms with E-state index in [4.69, 9.17) is 9.72 Å². The molecule has 0 radical (unpaired) electrons. The summed E-state index contributed by atoms with van der Waals surface area (Å²) in [5, 5.41) is 18.2. The predicted molar refractivity (Wildman–Crippen MR) is 227 cm³/mol. The van der Waals surface area contributed by atoms with Crippen molar-refractivity contribution < 1.29 is 33.6 Å². The zero-order chi connectivity index (χ0) is 41.0. The number of aromatic nitrogens is 2. The van der Waals surface area contributed by atoms with Crippen molar-refractivity contribution >= 4 is 69.3 Å². The number of ether oxygens (including phenoxy) is 1. The number of aryl methyl sites for hydroxylation is 1. The van der Waals surface area contributed by atoms with E-state index in [1.165, 1.54) is 39.8 Å². The molecule has 4 heterocycles. The molecule has 2 aliphatic heterocycles. The van der Waals surface area contributed by atoms with Crippen LogP contribution in [0, 0.1) is 0 Å². The normalized spacial score (nSPS) is 16.9. The summed E-state index contributed by atoms with van der Waals surface area (Å²) in [5.74, 6) is -2.48. The van der Waals surface area contributed by atoms with Crippen LogP contribution in [-0.4, -0.2) is 67.3 Å². The largest absolute Gasteiger partial charge is 0.477 e. The number of nitrogens with one attached hydrogen (secondary N) is 2. The van der Waals surface area contributed by atoms with Crippen molar-refractivity contribution in [2.24, 2.45) is 7.05 Å². The first-order chi connectivity index (χ1) is 27.8. The number of thiazole rings is 1. The first-order valence-electron chi connectivity index (χ1n) is 18.5. The third-order valence-corrected chi connectivity index (χ3v) is 12.7. The highest BCUT2D eigenvalue weighted by atomic mass is 32.2. The van der Waals surface area contributed by atoms with Crippen molar-refractivity contribution in [1.29, 1.82) is 0 Å². The van der Waals surface area contributed by atoms with E-state index < -0.39 is 46.3 Å². The molecule has 296 valence electrons. The number of carbonyl (C=O) groups excluding carboxylic acids is 3. The van der Waals surface area contributed by atoms with E-state index in [-0.39, 0.29) is 17.0 Å². The second-order valence-electron chi connectivity index (χ2n) is 14.7. The van der Waals surface area contributed by atoms with Crippen LogP contribution < -0.4 is 15.2 Å². The molecule has 2 atom stereocenters. The molecule has 0 saturated carbocycles. The molecule has 2 amide bonds. The summed E-state index contributed by atoms with van der Waals surface area (Å²) >= 11 is 4.14. The van der Waals surface area contributed by atoms with Gasteiger partial charge in [-0.25, -0.2) is 19.1 Å². The fourth-order valence-electron chi connectivity index (χ4n) is 6.87. The van der Waals surface area contributed by atoms with Gasteiger partial charge in [-0.15, -0.1) is 34.9 Å². The molecule has 1 unspecified atom stereocenters. The van der Waals surface area contributed by atoms with Gasteiger partial charge in [0.05, 0.1) is 11.3 Å². The number of aliphatic carboxylic acids is 1. The van der Waals surface area contributed by atoms with Gasteiger partial charge in [-0.1, -0.05) is 91.0 Å². The lowest BCUT2D eigenvalue weighted by atomic mass is 9.77. The number of pyridine rings is 1. The van der Waals surface area contributed by atoms with Crippen molar-refractivity contribution in [3.05, 3.63) is 161 Å². The van der Waals surface area contributed by atoms with Crippen LogP contribution in [0.3, 0.4) is 0 Å². The van der Waals surface area contributed by atoms with E-state index in [2.05, 4.69) is 10.6 Å². The number of fused-ring (bicyclic) bond motifs is 1. The Bertz CT molecular complexity index is 2280. The summed E-state index contributed by atoms with van der Waals surface area (Å²) < 4.78 is 7.49. The monoisotopic (exact) mass is 832 g/mol. The van der Waals surface area contributed by atoms with Crippen molar-refractivity contribution in [2.75, 3.05) is 16.8 Å². The number of hydrogen-bond donors (Lipinski definition) is 3. The van der Waals surface area contributed by atoms with E-state index >= 15 is 0 Å². The molecule has 58 heavy (non-hydrogen) atoms. The zero-order valence-corrected chi connectivity index (χ0v) is 34.7. The molecule has 2 aliphatic rings. The van der Waals surface area contributed by atoms with Gasteiger partial charge in [-0.2, -0.15) is 0 Å². The molecular formula is C44H42N5O6S3+. The van der Waals surface area contributed by atoms with Gasteiger partial charge in [0, 0.05) is 40.0 Å². The van der Waals surface area contributed by atoms with E-state index in [1.54, 1.807) is 26.2 Å². The van der Waals surface area contributed by atoms with Gasteiger partial charge in [0.2, 0.25) is 0 Å². The number of benzene rings is 3. The van der Waals surface area contributed by atoms with Crippen LogP contribution in [0.2, 0.25) is 0 Å². The fourth-order valence-corrected chi connectivity index (χ4v) is 10.0. The van der Waals surface area contributed by atoms with Crippen LogP contribution in [-0.2, 0) is 36.5 Å². The average Bonchev–Trinajstić information content (AvgIpc) is 3.68. The number of anilines is 1. The number of esters is 1. The molecule has 14 heteroatoms. The SMILES string of the molecule is C[n+]1ccc(SCC2=C(C(=O)O)N3C(=O)C(NC(=O)C(=CC(=O)OC(C)(C)C)c4csc(NC(c5ccccc5)(c5ccccc5)c5ccccc5)n4)[C@H]3SC2)cc1. The van der Waals surface area contributed by atoms with Crippen molar-refractivity contribution in [3.8, 4) is 0 Å². The standard InChI is InChI=1S/C44H41N5O6S3/c1-43(2,3)55-35(50)24-33(38(51)46-36-39(52)49-37(41(53)54)28(26-57-40(36)49)25-56-32-20-22-48(4)23-21-32)34-27-58-42(45-34)47-44(29-14-8-5-9-15-29,30-16-10-6-11-17-30)31-18-12-7-13-19-31/h5-24,27,36,40H,25-26H2,1-4H3,(H2-,45,46,47,51,53,54)/p+1/t36?,40-/m1/s1. The van der Waals surface area contributed by atoms with E-state index in [0.717, 1.165) is 27.7 Å². The Morgan fingerprint density at radius 3 is 2.03 bits per heavy atom. The zero-order valence-electron chi connectivity index (χ0n) is 32.2. The average molecular weight is 833 g/mol. The summed E-state index contributed by atoms with van der Waals surface area (Å²) in [6, 6.07) is 32.8. The van der Waals surface area contributed by atoms with Crippen molar-refractivity contribution in [3.63, 3.8) is 0 Å². The van der Waals surface area contributed by atoms with E-state index in [0.29, 0.717) is 22.2 Å². The number of β-lactam (4-membered cyclic amide) rings is 1. The van der Waals surface area contributed by atoms with Crippen LogP contribution in [0.25, 0.3) is 5.57 Å². The minimum absolute atomic E-state index is 0.0632. The Morgan fingerprint density at radius 2 is 1.50 bits per heavy atom. The second kappa shape index (κ2) is 17.0. The van der Waals surface area contributed by atoms with E-state index in [1.807, 2.05) is 127 Å². The molecule has 11 nitrogen and oxygen atoms in total. The van der Waals surface area contributed by atoms with Gasteiger partial charge in [-0.3, -0.25) is 14.5 Å². The number of hydrogen-bond acceptors (Lipinski definition) is 10. The quantitative estimate of drug-likeness (QED) is 0.0296. The number of carbonyl (C=O) groups is 4. The van der Waals surface area contributed by atoms with Gasteiger partial charge in [0.25, 0.3) is 11.8 Å². The van der Waals surface area contributed by atoms with Crippen LogP contribution in [0.4, 0.5) is 5.13 Å². The Morgan fingerprint density at radius 1 is 0.931 bits per heavy atom. The lowest BCUT2D eigenvalue weighted by Crippen LogP contribution is -2.70. The maximum atomic E-state index is 14.2. The number of thioether (sulfide) groups is 2. The summed E-state index contributed by atoms with van der Waals surface area (Å²) in [7, 11) is 1.92. The summed E-state index contributed by atoms with van der Waals surface area (Å²) in [5.41, 5.74) is 1.77. The summed E-state index contributed by atoms with van der Waals surface area (Å²) in [4.78, 5) is 60.8. The number of nitrogens with zero attached hydrogens (tertiary/aromatic N) is 3. The highest BCUT2D eigenvalue weighted by Gasteiger charge is 2.54. The third kappa shape index (κ3) is 8.59. The molecule has 0 aliphatic carbocycles. The maximum Gasteiger partial charge on any atom is 0.352 e. The molecular weight excluding hydrogens is 791 g/mol. The number of rotatable bonds is 13. The first-order valence-corrected chi connectivity index (χ1v) is 21.4. The molecule has 1 saturated heterocycles.